The fourth-order valence-corrected chi connectivity index (χ4v) is 5.12. The van der Waals surface area contributed by atoms with Crippen molar-refractivity contribution < 1.29 is 9.68 Å². The lowest BCUT2D eigenvalue weighted by atomic mass is 9.99. The molecule has 0 fully saturated rings. The van der Waals surface area contributed by atoms with Crippen LogP contribution in [-0.4, -0.2) is 23.1 Å². The van der Waals surface area contributed by atoms with Crippen LogP contribution in [0.5, 0.6) is 0 Å². The second-order valence-corrected chi connectivity index (χ2v) is 9.59. The van der Waals surface area contributed by atoms with Crippen molar-refractivity contribution in [3.05, 3.63) is 94.0 Å². The lowest BCUT2D eigenvalue weighted by Crippen LogP contribution is -2.53. The van der Waals surface area contributed by atoms with Crippen LogP contribution in [0.3, 0.4) is 0 Å². The van der Waals surface area contributed by atoms with E-state index >= 15 is 0 Å². The van der Waals surface area contributed by atoms with Gasteiger partial charge >= 0.3 is 0 Å². The Labute approximate surface area is 201 Å². The fourth-order valence-electron chi connectivity index (χ4n) is 4.87. The van der Waals surface area contributed by atoms with Crippen LogP contribution >= 0.6 is 23.2 Å². The largest absolute Gasteiger partial charge is 0.365 e. The monoisotopic (exact) mass is 478 g/mol. The number of amidine groups is 2. The second-order valence-electron chi connectivity index (χ2n) is 8.71. The molecule has 0 aliphatic carbocycles. The van der Waals surface area contributed by atoms with Gasteiger partial charge in [0.15, 0.2) is 11.7 Å². The van der Waals surface area contributed by atoms with Crippen molar-refractivity contribution in [3.8, 4) is 0 Å². The highest BCUT2D eigenvalue weighted by Gasteiger charge is 2.58. The number of anilines is 2. The standard InChI is InChI=1S/C25H20Cl2N4O2/c1-24-15-25(2)31(23(29-33-25)17-9-13-19(27)14-10-17)21-6-4-3-5-20(21)30(24)22(28-32-24)16-7-11-18(26)12-8-16/h3-14H,15H2,1-2H3/t24-,25-/m1/s1. The molecule has 0 bridgehead atoms. The van der Waals surface area contributed by atoms with E-state index in [0.29, 0.717) is 16.5 Å². The van der Waals surface area contributed by atoms with Gasteiger partial charge in [0.05, 0.1) is 17.8 Å². The average molecular weight is 479 g/mol. The van der Waals surface area contributed by atoms with Crippen molar-refractivity contribution >= 4 is 46.2 Å². The zero-order chi connectivity index (χ0) is 22.8. The highest BCUT2D eigenvalue weighted by atomic mass is 35.5. The predicted molar refractivity (Wildman–Crippen MR) is 131 cm³/mol. The third-order valence-corrected chi connectivity index (χ3v) is 6.76. The Kier molecular flexibility index (Phi) is 4.41. The summed E-state index contributed by atoms with van der Waals surface area (Å²) in [5.41, 5.74) is 2.14. The summed E-state index contributed by atoms with van der Waals surface area (Å²) >= 11 is 12.3. The first kappa shape index (κ1) is 20.4. The summed E-state index contributed by atoms with van der Waals surface area (Å²) < 4.78 is 0. The molecule has 166 valence electrons. The van der Waals surface area contributed by atoms with Crippen molar-refractivity contribution in [1.29, 1.82) is 0 Å². The van der Waals surface area contributed by atoms with Gasteiger partial charge in [-0.15, -0.1) is 0 Å². The van der Waals surface area contributed by atoms with Gasteiger partial charge in [-0.05, 0) is 74.5 Å². The summed E-state index contributed by atoms with van der Waals surface area (Å²) in [7, 11) is 0. The molecule has 0 saturated heterocycles. The molecule has 3 aromatic carbocycles. The normalized spacial score (nSPS) is 25.2. The van der Waals surface area contributed by atoms with E-state index in [-0.39, 0.29) is 0 Å². The van der Waals surface area contributed by atoms with Gasteiger partial charge in [-0.2, -0.15) is 0 Å². The number of nitrogens with zero attached hydrogens (tertiary/aromatic N) is 4. The molecule has 6 rings (SSSR count). The molecule has 0 saturated carbocycles. The van der Waals surface area contributed by atoms with Gasteiger partial charge < -0.3 is 9.68 Å². The maximum absolute atomic E-state index is 6.13. The van der Waals surface area contributed by atoms with Crippen LogP contribution in [0.2, 0.25) is 10.0 Å². The SMILES string of the molecule is C[C@@]12C[C@@]3(C)ON=C(c4ccc(Cl)cc4)N3c3ccccc3N1C(c1ccc(Cl)cc1)=NO2. The van der Waals surface area contributed by atoms with E-state index in [2.05, 4.69) is 32.2 Å². The topological polar surface area (TPSA) is 49.7 Å². The van der Waals surface area contributed by atoms with Crippen LogP contribution in [0.25, 0.3) is 0 Å². The lowest BCUT2D eigenvalue weighted by molar-refractivity contribution is -0.0863. The van der Waals surface area contributed by atoms with Crippen molar-refractivity contribution in [2.24, 2.45) is 10.3 Å². The van der Waals surface area contributed by atoms with E-state index in [1.54, 1.807) is 0 Å². The van der Waals surface area contributed by atoms with Gasteiger partial charge in [-0.3, -0.25) is 9.80 Å². The van der Waals surface area contributed by atoms with Gasteiger partial charge in [-0.1, -0.05) is 45.6 Å². The molecule has 0 aromatic heterocycles. The summed E-state index contributed by atoms with van der Waals surface area (Å²) in [6.07, 6.45) is 0.482. The molecular weight excluding hydrogens is 459 g/mol. The molecule has 33 heavy (non-hydrogen) atoms. The Morgan fingerprint density at radius 1 is 0.667 bits per heavy atom. The van der Waals surface area contributed by atoms with Gasteiger partial charge in [0.2, 0.25) is 11.4 Å². The first-order valence-corrected chi connectivity index (χ1v) is 11.4. The first-order valence-electron chi connectivity index (χ1n) is 10.6. The summed E-state index contributed by atoms with van der Waals surface area (Å²) in [5, 5.41) is 10.3. The quantitative estimate of drug-likeness (QED) is 0.438. The zero-order valence-electron chi connectivity index (χ0n) is 18.0. The number of halogens is 2. The van der Waals surface area contributed by atoms with Crippen molar-refractivity contribution in [3.63, 3.8) is 0 Å². The maximum atomic E-state index is 6.13. The first-order chi connectivity index (χ1) is 15.9. The Bertz CT molecular complexity index is 1210. The highest BCUT2D eigenvalue weighted by molar-refractivity contribution is 6.31. The van der Waals surface area contributed by atoms with Crippen molar-refractivity contribution in [1.82, 2.24) is 0 Å². The van der Waals surface area contributed by atoms with E-state index < -0.39 is 11.4 Å². The van der Waals surface area contributed by atoms with Crippen LogP contribution in [0.1, 0.15) is 31.4 Å². The number of para-hydroxylation sites is 2. The Morgan fingerprint density at radius 3 is 1.45 bits per heavy atom. The molecule has 0 N–H and O–H groups in total. The lowest BCUT2D eigenvalue weighted by Gasteiger charge is -2.36. The van der Waals surface area contributed by atoms with E-state index in [4.69, 9.17) is 32.9 Å². The molecule has 3 heterocycles. The summed E-state index contributed by atoms with van der Waals surface area (Å²) in [5.74, 6) is 1.44. The number of fused-ring (bicyclic) bond motifs is 5. The number of oxime groups is 2. The van der Waals surface area contributed by atoms with Gasteiger partial charge in [0.25, 0.3) is 0 Å². The van der Waals surface area contributed by atoms with Crippen LogP contribution in [0, 0.1) is 0 Å². The number of benzene rings is 3. The minimum atomic E-state index is -0.792. The molecule has 0 radical (unpaired) electrons. The third kappa shape index (κ3) is 3.09. The molecule has 3 aliphatic rings. The summed E-state index contributed by atoms with van der Waals surface area (Å²) in [4.78, 5) is 16.5. The molecule has 3 aromatic rings. The van der Waals surface area contributed by atoms with Gasteiger partial charge in [-0.25, -0.2) is 0 Å². The number of hydrogen-bond donors (Lipinski definition) is 0. The summed E-state index contributed by atoms with van der Waals surface area (Å²) in [6, 6.07) is 23.4. The van der Waals surface area contributed by atoms with Crippen LogP contribution in [0.4, 0.5) is 11.4 Å². The van der Waals surface area contributed by atoms with E-state index in [9.17, 15) is 0 Å². The Hall–Kier alpha value is -3.22. The van der Waals surface area contributed by atoms with E-state index in [1.165, 1.54) is 0 Å². The van der Waals surface area contributed by atoms with Crippen LogP contribution < -0.4 is 9.80 Å². The molecular formula is C25H20Cl2N4O2. The molecule has 3 aliphatic heterocycles. The Morgan fingerprint density at radius 2 is 1.06 bits per heavy atom. The second kappa shape index (κ2) is 7.14. The van der Waals surface area contributed by atoms with Crippen molar-refractivity contribution in [2.75, 3.05) is 9.80 Å². The van der Waals surface area contributed by atoms with Crippen LogP contribution in [-0.2, 0) is 9.68 Å². The zero-order valence-corrected chi connectivity index (χ0v) is 19.5. The average Bonchev–Trinajstić information content (AvgIpc) is 3.29. The van der Waals surface area contributed by atoms with Gasteiger partial charge in [0, 0.05) is 21.2 Å². The Balaban J connectivity index is 1.52. The van der Waals surface area contributed by atoms with E-state index in [1.807, 2.05) is 74.5 Å². The number of hydrogen-bond acceptors (Lipinski definition) is 6. The van der Waals surface area contributed by atoms with E-state index in [0.717, 1.165) is 34.2 Å². The molecule has 0 spiro atoms. The number of rotatable bonds is 2. The minimum Gasteiger partial charge on any atom is -0.365 e. The summed E-state index contributed by atoms with van der Waals surface area (Å²) in [6.45, 7) is 4.04. The van der Waals surface area contributed by atoms with Gasteiger partial charge in [0.1, 0.15) is 0 Å². The molecule has 6 nitrogen and oxygen atoms in total. The smallest absolute Gasteiger partial charge is 0.218 e. The predicted octanol–water partition coefficient (Wildman–Crippen LogP) is 6.23. The molecule has 8 heteroatoms. The molecule has 0 unspecified atom stereocenters. The van der Waals surface area contributed by atoms with Crippen LogP contribution in [0.15, 0.2) is 83.1 Å². The third-order valence-electron chi connectivity index (χ3n) is 6.25. The molecule has 2 atom stereocenters. The van der Waals surface area contributed by atoms with Crippen molar-refractivity contribution in [2.45, 2.75) is 31.7 Å². The maximum Gasteiger partial charge on any atom is 0.218 e. The fraction of sp³-hybridized carbons (Fsp3) is 0.200. The highest BCUT2D eigenvalue weighted by Crippen LogP contribution is 2.51. The molecule has 0 amide bonds. The minimum absolute atomic E-state index is 0.482.